The smallest absolute Gasteiger partial charge is 0.221 e. The number of unbranched alkanes of at least 4 members (excludes halogenated alkanes) is 1. The monoisotopic (exact) mass is 201 g/mol. The maximum Gasteiger partial charge on any atom is 0.221 e. The molecule has 0 unspecified atom stereocenters. The highest BCUT2D eigenvalue weighted by Gasteiger charge is 2.04. The van der Waals surface area contributed by atoms with E-state index < -0.39 is 5.82 Å². The summed E-state index contributed by atoms with van der Waals surface area (Å²) in [4.78, 5) is 7.35. The highest BCUT2D eigenvalue weighted by Crippen LogP contribution is 2.20. The molecule has 72 valence electrons. The SMILES string of the molecule is CCCCSc1nc(N)ncc1F. The summed E-state index contributed by atoms with van der Waals surface area (Å²) in [5.74, 6) is 0.597. The van der Waals surface area contributed by atoms with Crippen molar-refractivity contribution in [1.29, 1.82) is 0 Å². The molecule has 0 bridgehead atoms. The number of nitrogens with two attached hydrogens (primary N) is 1. The third-order valence-electron chi connectivity index (χ3n) is 1.47. The standard InChI is InChI=1S/C8H12FN3S/c1-2-3-4-13-7-6(9)5-11-8(10)12-7/h5H,2-4H2,1H3,(H2,10,11,12). The second kappa shape index (κ2) is 5.01. The van der Waals surface area contributed by atoms with Crippen LogP contribution in [-0.4, -0.2) is 15.7 Å². The van der Waals surface area contributed by atoms with Crippen molar-refractivity contribution in [2.75, 3.05) is 11.5 Å². The minimum absolute atomic E-state index is 0.125. The molecule has 1 aromatic rings. The Bertz CT molecular complexity index is 280. The zero-order valence-corrected chi connectivity index (χ0v) is 8.27. The predicted octanol–water partition coefficient (Wildman–Crippen LogP) is 2.09. The first-order valence-corrected chi connectivity index (χ1v) is 5.13. The summed E-state index contributed by atoms with van der Waals surface area (Å²) in [6.07, 6.45) is 3.25. The van der Waals surface area contributed by atoms with Gasteiger partial charge >= 0.3 is 0 Å². The fourth-order valence-electron chi connectivity index (χ4n) is 0.779. The second-order valence-corrected chi connectivity index (χ2v) is 3.67. The molecule has 0 radical (unpaired) electrons. The van der Waals surface area contributed by atoms with Crippen LogP contribution in [0.1, 0.15) is 19.8 Å². The van der Waals surface area contributed by atoms with Crippen LogP contribution in [0, 0.1) is 5.82 Å². The van der Waals surface area contributed by atoms with Crippen molar-refractivity contribution in [3.8, 4) is 0 Å². The number of thioether (sulfide) groups is 1. The minimum atomic E-state index is -0.393. The zero-order chi connectivity index (χ0) is 9.68. The van der Waals surface area contributed by atoms with Crippen LogP contribution in [0.5, 0.6) is 0 Å². The number of rotatable bonds is 4. The molecule has 3 nitrogen and oxygen atoms in total. The van der Waals surface area contributed by atoms with Crippen molar-refractivity contribution in [2.45, 2.75) is 24.8 Å². The molecule has 0 spiro atoms. The number of nitrogens with zero attached hydrogens (tertiary/aromatic N) is 2. The molecule has 0 aliphatic rings. The van der Waals surface area contributed by atoms with E-state index >= 15 is 0 Å². The number of hydrogen-bond acceptors (Lipinski definition) is 4. The second-order valence-electron chi connectivity index (χ2n) is 2.58. The maximum absolute atomic E-state index is 13.0. The Hall–Kier alpha value is -0.840. The third-order valence-corrected chi connectivity index (χ3v) is 2.52. The van der Waals surface area contributed by atoms with Gasteiger partial charge in [-0.05, 0) is 12.2 Å². The predicted molar refractivity (Wildman–Crippen MR) is 52.0 cm³/mol. The molecule has 1 heterocycles. The van der Waals surface area contributed by atoms with E-state index in [1.54, 1.807) is 0 Å². The van der Waals surface area contributed by atoms with E-state index in [2.05, 4.69) is 16.9 Å². The molecule has 0 saturated heterocycles. The van der Waals surface area contributed by atoms with Gasteiger partial charge in [-0.15, -0.1) is 11.8 Å². The van der Waals surface area contributed by atoms with Crippen molar-refractivity contribution in [3.05, 3.63) is 12.0 Å². The lowest BCUT2D eigenvalue weighted by atomic mass is 10.4. The summed E-state index contributed by atoms with van der Waals surface area (Å²) in [6.45, 7) is 2.09. The number of hydrogen-bond donors (Lipinski definition) is 1. The van der Waals surface area contributed by atoms with Gasteiger partial charge in [-0.3, -0.25) is 0 Å². The van der Waals surface area contributed by atoms with Crippen molar-refractivity contribution in [2.24, 2.45) is 0 Å². The molecular weight excluding hydrogens is 189 g/mol. The summed E-state index contributed by atoms with van der Waals surface area (Å²) in [6, 6.07) is 0. The first kappa shape index (κ1) is 10.2. The molecule has 0 saturated carbocycles. The van der Waals surface area contributed by atoms with Gasteiger partial charge < -0.3 is 5.73 Å². The molecule has 0 atom stereocenters. The fourth-order valence-corrected chi connectivity index (χ4v) is 1.75. The van der Waals surface area contributed by atoms with Gasteiger partial charge in [-0.1, -0.05) is 13.3 Å². The Morgan fingerprint density at radius 1 is 1.62 bits per heavy atom. The average Bonchev–Trinajstić information content (AvgIpc) is 2.11. The van der Waals surface area contributed by atoms with Crippen LogP contribution >= 0.6 is 11.8 Å². The molecule has 13 heavy (non-hydrogen) atoms. The van der Waals surface area contributed by atoms with Crippen molar-refractivity contribution >= 4 is 17.7 Å². The van der Waals surface area contributed by atoms with E-state index in [0.29, 0.717) is 5.03 Å². The summed E-state index contributed by atoms with van der Waals surface area (Å²) in [7, 11) is 0. The molecular formula is C8H12FN3S. The lowest BCUT2D eigenvalue weighted by molar-refractivity contribution is 0.580. The van der Waals surface area contributed by atoms with Crippen LogP contribution in [0.25, 0.3) is 0 Å². The normalized spacial score (nSPS) is 10.3. The number of halogens is 1. The van der Waals surface area contributed by atoms with Gasteiger partial charge in [0, 0.05) is 0 Å². The van der Waals surface area contributed by atoms with Gasteiger partial charge in [-0.25, -0.2) is 14.4 Å². The van der Waals surface area contributed by atoms with Crippen LogP contribution in [0.3, 0.4) is 0 Å². The highest BCUT2D eigenvalue weighted by molar-refractivity contribution is 7.99. The van der Waals surface area contributed by atoms with E-state index in [-0.39, 0.29) is 5.95 Å². The number of anilines is 1. The van der Waals surface area contributed by atoms with E-state index in [9.17, 15) is 4.39 Å². The van der Waals surface area contributed by atoms with Gasteiger partial charge in [0.15, 0.2) is 5.82 Å². The van der Waals surface area contributed by atoms with Gasteiger partial charge in [0.25, 0.3) is 0 Å². The molecule has 0 amide bonds. The van der Waals surface area contributed by atoms with Gasteiger partial charge in [0.2, 0.25) is 5.95 Å². The van der Waals surface area contributed by atoms with Crippen LogP contribution in [0.15, 0.2) is 11.2 Å². The van der Waals surface area contributed by atoms with Crippen LogP contribution < -0.4 is 5.73 Å². The minimum Gasteiger partial charge on any atom is -0.368 e. The summed E-state index contributed by atoms with van der Waals surface area (Å²) >= 11 is 1.38. The van der Waals surface area contributed by atoms with E-state index in [4.69, 9.17) is 5.73 Å². The number of nitrogen functional groups attached to an aromatic ring is 1. The third kappa shape index (κ3) is 3.18. The van der Waals surface area contributed by atoms with Crippen molar-refractivity contribution in [1.82, 2.24) is 9.97 Å². The first-order valence-electron chi connectivity index (χ1n) is 4.15. The average molecular weight is 201 g/mol. The Kier molecular flexibility index (Phi) is 3.95. The van der Waals surface area contributed by atoms with E-state index in [1.165, 1.54) is 11.8 Å². The zero-order valence-electron chi connectivity index (χ0n) is 7.46. The molecule has 0 aliphatic heterocycles. The summed E-state index contributed by atoms with van der Waals surface area (Å²) in [5.41, 5.74) is 5.33. The van der Waals surface area contributed by atoms with E-state index in [0.717, 1.165) is 24.8 Å². The van der Waals surface area contributed by atoms with Crippen LogP contribution in [0.2, 0.25) is 0 Å². The molecule has 1 aromatic heterocycles. The molecule has 0 aromatic carbocycles. The lowest BCUT2D eigenvalue weighted by Crippen LogP contribution is -1.98. The summed E-state index contributed by atoms with van der Waals surface area (Å²) < 4.78 is 13.0. The molecule has 2 N–H and O–H groups in total. The Morgan fingerprint density at radius 3 is 3.08 bits per heavy atom. The van der Waals surface area contributed by atoms with Gasteiger partial charge in [0.1, 0.15) is 5.03 Å². The quantitative estimate of drug-likeness (QED) is 0.460. The van der Waals surface area contributed by atoms with Crippen molar-refractivity contribution in [3.63, 3.8) is 0 Å². The molecule has 0 fully saturated rings. The first-order chi connectivity index (χ1) is 6.24. The number of aromatic nitrogens is 2. The molecule has 5 heteroatoms. The van der Waals surface area contributed by atoms with E-state index in [1.807, 2.05) is 0 Å². The fraction of sp³-hybridized carbons (Fsp3) is 0.500. The van der Waals surface area contributed by atoms with Gasteiger partial charge in [0.05, 0.1) is 6.20 Å². The van der Waals surface area contributed by atoms with Crippen molar-refractivity contribution < 1.29 is 4.39 Å². The Morgan fingerprint density at radius 2 is 2.38 bits per heavy atom. The molecule has 1 rings (SSSR count). The Labute approximate surface area is 81.0 Å². The maximum atomic E-state index is 13.0. The van der Waals surface area contributed by atoms with Gasteiger partial charge in [-0.2, -0.15) is 0 Å². The van der Waals surface area contributed by atoms with Crippen LogP contribution in [-0.2, 0) is 0 Å². The largest absolute Gasteiger partial charge is 0.368 e. The lowest BCUT2D eigenvalue weighted by Gasteiger charge is -2.01. The summed E-state index contributed by atoms with van der Waals surface area (Å²) in [5, 5.41) is 0.348. The Balaban J connectivity index is 2.59. The highest BCUT2D eigenvalue weighted by atomic mass is 32.2. The topological polar surface area (TPSA) is 51.8 Å². The molecule has 0 aliphatic carbocycles. The van der Waals surface area contributed by atoms with Crippen LogP contribution in [0.4, 0.5) is 10.3 Å².